The lowest BCUT2D eigenvalue weighted by Gasteiger charge is -2.08. The van der Waals surface area contributed by atoms with E-state index >= 15 is 0 Å². The summed E-state index contributed by atoms with van der Waals surface area (Å²) >= 11 is 6.01. The molecule has 0 amide bonds. The van der Waals surface area contributed by atoms with Crippen LogP contribution in [-0.4, -0.2) is 14.9 Å². The fourth-order valence-electron chi connectivity index (χ4n) is 1.62. The molecule has 0 bridgehead atoms. The molecule has 1 aromatic carbocycles. The quantitative estimate of drug-likeness (QED) is 0.914. The molecule has 17 heavy (non-hydrogen) atoms. The Hall–Kier alpha value is -1.52. The molecular formula is C12H13ClN2O2. The Labute approximate surface area is 104 Å². The molecule has 0 saturated heterocycles. The molecule has 1 aromatic heterocycles. The van der Waals surface area contributed by atoms with Gasteiger partial charge in [0.15, 0.2) is 0 Å². The number of ether oxygens (including phenoxy) is 1. The Balaban J connectivity index is 2.40. The highest BCUT2D eigenvalue weighted by Crippen LogP contribution is 2.31. The standard InChI is InChI=1S/C12H13ClN2O2/c1-8-9(7-16)12(15(2)14-8)17-11-6-4-3-5-10(11)13/h3-6,16H,7H2,1-2H3. The third-order valence-corrected chi connectivity index (χ3v) is 2.80. The fraction of sp³-hybridized carbons (Fsp3) is 0.250. The zero-order valence-electron chi connectivity index (χ0n) is 9.64. The van der Waals surface area contributed by atoms with E-state index in [0.717, 1.165) is 5.69 Å². The molecule has 4 nitrogen and oxygen atoms in total. The summed E-state index contributed by atoms with van der Waals surface area (Å²) in [6.07, 6.45) is 0. The van der Waals surface area contributed by atoms with Crippen molar-refractivity contribution in [1.29, 1.82) is 0 Å². The molecule has 0 fully saturated rings. The summed E-state index contributed by atoms with van der Waals surface area (Å²) in [4.78, 5) is 0. The van der Waals surface area contributed by atoms with E-state index in [1.54, 1.807) is 23.9 Å². The van der Waals surface area contributed by atoms with E-state index in [4.69, 9.17) is 16.3 Å². The Bertz CT molecular complexity index is 537. The van der Waals surface area contributed by atoms with Crippen LogP contribution in [0.4, 0.5) is 0 Å². The first-order valence-corrected chi connectivity index (χ1v) is 5.57. The summed E-state index contributed by atoms with van der Waals surface area (Å²) in [6, 6.07) is 7.18. The van der Waals surface area contributed by atoms with Crippen LogP contribution in [0.1, 0.15) is 11.3 Å². The van der Waals surface area contributed by atoms with Gasteiger partial charge >= 0.3 is 0 Å². The Morgan fingerprint density at radius 1 is 1.41 bits per heavy atom. The van der Waals surface area contributed by atoms with Crippen molar-refractivity contribution in [3.05, 3.63) is 40.5 Å². The monoisotopic (exact) mass is 252 g/mol. The van der Waals surface area contributed by atoms with Crippen molar-refractivity contribution in [2.45, 2.75) is 13.5 Å². The summed E-state index contributed by atoms with van der Waals surface area (Å²) in [5, 5.41) is 14.0. The van der Waals surface area contributed by atoms with Gasteiger partial charge in [-0.25, -0.2) is 4.68 Å². The lowest BCUT2D eigenvalue weighted by Crippen LogP contribution is -1.97. The van der Waals surface area contributed by atoms with E-state index in [0.29, 0.717) is 22.2 Å². The smallest absolute Gasteiger partial charge is 0.223 e. The number of aryl methyl sites for hydroxylation is 2. The number of aromatic nitrogens is 2. The zero-order valence-corrected chi connectivity index (χ0v) is 10.4. The second-order valence-electron chi connectivity index (χ2n) is 3.68. The van der Waals surface area contributed by atoms with Gasteiger partial charge in [-0.1, -0.05) is 23.7 Å². The Morgan fingerprint density at radius 3 is 2.76 bits per heavy atom. The molecule has 0 spiro atoms. The first-order valence-electron chi connectivity index (χ1n) is 5.19. The van der Waals surface area contributed by atoms with Crippen LogP contribution in [-0.2, 0) is 13.7 Å². The van der Waals surface area contributed by atoms with Gasteiger partial charge in [0.1, 0.15) is 5.75 Å². The van der Waals surface area contributed by atoms with Crippen LogP contribution >= 0.6 is 11.6 Å². The highest BCUT2D eigenvalue weighted by atomic mass is 35.5. The van der Waals surface area contributed by atoms with E-state index in [1.807, 2.05) is 19.1 Å². The summed E-state index contributed by atoms with van der Waals surface area (Å²) in [5.41, 5.74) is 1.42. The summed E-state index contributed by atoms with van der Waals surface area (Å²) in [6.45, 7) is 1.71. The number of hydrogen-bond acceptors (Lipinski definition) is 3. The van der Waals surface area contributed by atoms with Crippen LogP contribution in [0.15, 0.2) is 24.3 Å². The molecule has 5 heteroatoms. The first kappa shape index (κ1) is 12.0. The highest BCUT2D eigenvalue weighted by Gasteiger charge is 2.15. The van der Waals surface area contributed by atoms with Crippen molar-refractivity contribution in [1.82, 2.24) is 9.78 Å². The van der Waals surface area contributed by atoms with Crippen LogP contribution < -0.4 is 4.74 Å². The van der Waals surface area contributed by atoms with Crippen LogP contribution in [0.2, 0.25) is 5.02 Å². The number of para-hydroxylation sites is 1. The second kappa shape index (κ2) is 4.77. The lowest BCUT2D eigenvalue weighted by molar-refractivity contribution is 0.274. The molecule has 1 heterocycles. The van der Waals surface area contributed by atoms with Crippen molar-refractivity contribution in [2.75, 3.05) is 0 Å². The van der Waals surface area contributed by atoms with E-state index in [-0.39, 0.29) is 6.61 Å². The van der Waals surface area contributed by atoms with Crippen molar-refractivity contribution in [3.8, 4) is 11.6 Å². The maximum absolute atomic E-state index is 9.29. The van der Waals surface area contributed by atoms with Gasteiger partial charge in [0.05, 0.1) is 22.9 Å². The minimum Gasteiger partial charge on any atom is -0.437 e. The molecular weight excluding hydrogens is 240 g/mol. The maximum Gasteiger partial charge on any atom is 0.223 e. The molecule has 0 radical (unpaired) electrons. The zero-order chi connectivity index (χ0) is 12.4. The fourth-order valence-corrected chi connectivity index (χ4v) is 1.80. The highest BCUT2D eigenvalue weighted by molar-refractivity contribution is 6.32. The van der Waals surface area contributed by atoms with Crippen molar-refractivity contribution < 1.29 is 9.84 Å². The van der Waals surface area contributed by atoms with Crippen LogP contribution in [0.5, 0.6) is 11.6 Å². The average molecular weight is 253 g/mol. The molecule has 0 aliphatic carbocycles. The third kappa shape index (κ3) is 2.28. The molecule has 0 aliphatic heterocycles. The minimum atomic E-state index is -0.112. The molecule has 0 saturated carbocycles. The average Bonchev–Trinajstić information content (AvgIpc) is 2.56. The number of benzene rings is 1. The maximum atomic E-state index is 9.29. The summed E-state index contributed by atoms with van der Waals surface area (Å²) in [5.74, 6) is 1.06. The molecule has 0 atom stereocenters. The number of rotatable bonds is 3. The van der Waals surface area contributed by atoms with E-state index in [2.05, 4.69) is 5.10 Å². The minimum absolute atomic E-state index is 0.112. The van der Waals surface area contributed by atoms with E-state index < -0.39 is 0 Å². The Morgan fingerprint density at radius 2 is 2.12 bits per heavy atom. The third-order valence-electron chi connectivity index (χ3n) is 2.49. The van der Waals surface area contributed by atoms with Crippen LogP contribution in [0.3, 0.4) is 0 Å². The lowest BCUT2D eigenvalue weighted by atomic mass is 10.2. The number of nitrogens with zero attached hydrogens (tertiary/aromatic N) is 2. The molecule has 90 valence electrons. The topological polar surface area (TPSA) is 47.3 Å². The predicted octanol–water partition coefficient (Wildman–Crippen LogP) is 2.67. The molecule has 1 N–H and O–H groups in total. The largest absolute Gasteiger partial charge is 0.437 e. The summed E-state index contributed by atoms with van der Waals surface area (Å²) < 4.78 is 7.28. The number of halogens is 1. The van der Waals surface area contributed by atoms with Crippen molar-refractivity contribution in [3.63, 3.8) is 0 Å². The van der Waals surface area contributed by atoms with Gasteiger partial charge in [0.25, 0.3) is 0 Å². The van der Waals surface area contributed by atoms with Crippen molar-refractivity contribution >= 4 is 11.6 Å². The van der Waals surface area contributed by atoms with E-state index in [1.165, 1.54) is 0 Å². The SMILES string of the molecule is Cc1nn(C)c(Oc2ccccc2Cl)c1CO. The van der Waals surface area contributed by atoms with Gasteiger partial charge in [-0.05, 0) is 19.1 Å². The van der Waals surface area contributed by atoms with Gasteiger partial charge in [-0.2, -0.15) is 5.10 Å². The molecule has 0 aliphatic rings. The molecule has 2 rings (SSSR count). The Kier molecular flexibility index (Phi) is 3.36. The van der Waals surface area contributed by atoms with Crippen LogP contribution in [0.25, 0.3) is 0 Å². The summed E-state index contributed by atoms with van der Waals surface area (Å²) in [7, 11) is 1.76. The van der Waals surface area contributed by atoms with Gasteiger partial charge in [0, 0.05) is 7.05 Å². The number of aliphatic hydroxyl groups excluding tert-OH is 1. The molecule has 0 unspecified atom stereocenters. The van der Waals surface area contributed by atoms with Gasteiger partial charge in [-0.3, -0.25) is 0 Å². The van der Waals surface area contributed by atoms with Crippen LogP contribution in [0, 0.1) is 6.92 Å². The number of aliphatic hydroxyl groups is 1. The molecule has 2 aromatic rings. The normalized spacial score (nSPS) is 10.6. The number of hydrogen-bond donors (Lipinski definition) is 1. The predicted molar refractivity (Wildman–Crippen MR) is 65.4 cm³/mol. The second-order valence-corrected chi connectivity index (χ2v) is 4.09. The van der Waals surface area contributed by atoms with Crippen molar-refractivity contribution in [2.24, 2.45) is 7.05 Å². The first-order chi connectivity index (χ1) is 8.13. The van der Waals surface area contributed by atoms with Gasteiger partial charge < -0.3 is 9.84 Å². The van der Waals surface area contributed by atoms with Gasteiger partial charge in [-0.15, -0.1) is 0 Å². The van der Waals surface area contributed by atoms with E-state index in [9.17, 15) is 5.11 Å². The van der Waals surface area contributed by atoms with Gasteiger partial charge in [0.2, 0.25) is 5.88 Å².